The smallest absolute Gasteiger partial charge is 0.0595 e. The van der Waals surface area contributed by atoms with Gasteiger partial charge in [0.25, 0.3) is 0 Å². The van der Waals surface area contributed by atoms with Crippen LogP contribution in [-0.4, -0.2) is 48.6 Å². The molecule has 0 amide bonds. The average Bonchev–Trinajstić information content (AvgIpc) is 2.82. The van der Waals surface area contributed by atoms with Gasteiger partial charge in [-0.1, -0.05) is 29.3 Å². The van der Waals surface area contributed by atoms with Gasteiger partial charge >= 0.3 is 0 Å². The van der Waals surface area contributed by atoms with Gasteiger partial charge in [-0.15, -0.1) is 0 Å². The van der Waals surface area contributed by atoms with E-state index in [0.717, 1.165) is 13.1 Å². The van der Waals surface area contributed by atoms with Gasteiger partial charge < -0.3 is 5.73 Å². The lowest BCUT2D eigenvalue weighted by molar-refractivity contribution is 0.176. The summed E-state index contributed by atoms with van der Waals surface area (Å²) >= 11 is 12.2. The molecule has 2 atom stereocenters. The molecule has 0 aromatic heterocycles. The van der Waals surface area contributed by atoms with Gasteiger partial charge in [-0.2, -0.15) is 0 Å². The molecule has 116 valence electrons. The number of hydrogen-bond donors (Lipinski definition) is 1. The molecular weight excluding hydrogens is 305 g/mol. The molecule has 1 aromatic rings. The summed E-state index contributed by atoms with van der Waals surface area (Å²) in [5.41, 5.74) is 7.26. The molecule has 2 aliphatic rings. The number of hydrogen-bond acceptors (Lipinski definition) is 3. The molecule has 0 aliphatic carbocycles. The van der Waals surface area contributed by atoms with E-state index in [2.05, 4.69) is 15.9 Å². The van der Waals surface area contributed by atoms with Crippen molar-refractivity contribution in [1.29, 1.82) is 0 Å². The highest BCUT2D eigenvalue weighted by Gasteiger charge is 2.31. The molecule has 0 spiro atoms. The van der Waals surface area contributed by atoms with Gasteiger partial charge in [-0.05, 0) is 50.0 Å². The van der Waals surface area contributed by atoms with Gasteiger partial charge in [0.05, 0.1) is 10.0 Å². The molecule has 2 N–H and O–H groups in total. The van der Waals surface area contributed by atoms with Crippen LogP contribution >= 0.6 is 23.2 Å². The maximum absolute atomic E-state index is 6.18. The zero-order valence-corrected chi connectivity index (χ0v) is 13.8. The highest BCUT2D eigenvalue weighted by molar-refractivity contribution is 6.42. The first-order valence-corrected chi connectivity index (χ1v) is 8.57. The Morgan fingerprint density at radius 3 is 2.71 bits per heavy atom. The molecule has 3 rings (SSSR count). The lowest BCUT2D eigenvalue weighted by Gasteiger charge is -2.32. The molecule has 0 radical (unpaired) electrons. The number of fused-ring (bicyclic) bond motifs is 1. The van der Waals surface area contributed by atoms with E-state index < -0.39 is 0 Å². The highest BCUT2D eigenvalue weighted by Crippen LogP contribution is 2.30. The van der Waals surface area contributed by atoms with E-state index in [0.29, 0.717) is 22.6 Å². The van der Waals surface area contributed by atoms with Crippen LogP contribution < -0.4 is 5.73 Å². The largest absolute Gasteiger partial charge is 0.329 e. The van der Waals surface area contributed by atoms with E-state index >= 15 is 0 Å². The van der Waals surface area contributed by atoms with E-state index in [9.17, 15) is 0 Å². The van der Waals surface area contributed by atoms with Gasteiger partial charge in [-0.25, -0.2) is 0 Å². The van der Waals surface area contributed by atoms with Gasteiger partial charge in [0.15, 0.2) is 0 Å². The van der Waals surface area contributed by atoms with E-state index in [1.165, 1.54) is 37.9 Å². The van der Waals surface area contributed by atoms with Crippen molar-refractivity contribution >= 4 is 23.2 Å². The van der Waals surface area contributed by atoms with Crippen molar-refractivity contribution < 1.29 is 0 Å². The van der Waals surface area contributed by atoms with E-state index in [1.807, 2.05) is 12.1 Å². The van der Waals surface area contributed by atoms with Crippen LogP contribution in [0.1, 0.15) is 30.9 Å². The van der Waals surface area contributed by atoms with Gasteiger partial charge in [0.2, 0.25) is 0 Å². The number of rotatable bonds is 3. The minimum Gasteiger partial charge on any atom is -0.329 e. The average molecular weight is 328 g/mol. The minimum atomic E-state index is 0.236. The minimum absolute atomic E-state index is 0.236. The summed E-state index contributed by atoms with van der Waals surface area (Å²) in [6, 6.07) is 6.84. The van der Waals surface area contributed by atoms with Crippen molar-refractivity contribution in [2.75, 3.05) is 32.7 Å². The number of halogens is 2. The van der Waals surface area contributed by atoms with E-state index in [4.69, 9.17) is 28.9 Å². The Labute approximate surface area is 137 Å². The monoisotopic (exact) mass is 327 g/mol. The third kappa shape index (κ3) is 3.38. The topological polar surface area (TPSA) is 32.5 Å². The SMILES string of the molecule is NCC(c1ccc(Cl)c(Cl)c1)N1CCCN2CCCC2C1. The van der Waals surface area contributed by atoms with Crippen molar-refractivity contribution in [3.8, 4) is 0 Å². The third-order valence-corrected chi connectivity index (χ3v) is 5.57. The van der Waals surface area contributed by atoms with Crippen molar-refractivity contribution in [2.45, 2.75) is 31.3 Å². The van der Waals surface area contributed by atoms with Crippen LogP contribution in [0.5, 0.6) is 0 Å². The fourth-order valence-corrected chi connectivity index (χ4v) is 4.04. The van der Waals surface area contributed by atoms with E-state index in [-0.39, 0.29) is 6.04 Å². The molecular formula is C16H23Cl2N3. The van der Waals surface area contributed by atoms with Crippen molar-refractivity contribution in [2.24, 2.45) is 5.73 Å². The van der Waals surface area contributed by atoms with Gasteiger partial charge in [0.1, 0.15) is 0 Å². The summed E-state index contributed by atoms with van der Waals surface area (Å²) in [6.07, 6.45) is 3.86. The summed E-state index contributed by atoms with van der Waals surface area (Å²) in [5.74, 6) is 0. The molecule has 5 heteroatoms. The number of benzene rings is 1. The molecule has 3 nitrogen and oxygen atoms in total. The van der Waals surface area contributed by atoms with Crippen LogP contribution in [0.2, 0.25) is 10.0 Å². The van der Waals surface area contributed by atoms with Crippen LogP contribution in [0.4, 0.5) is 0 Å². The quantitative estimate of drug-likeness (QED) is 0.925. The van der Waals surface area contributed by atoms with Crippen LogP contribution in [-0.2, 0) is 0 Å². The molecule has 21 heavy (non-hydrogen) atoms. The number of nitrogens with two attached hydrogens (primary N) is 1. The van der Waals surface area contributed by atoms with Crippen molar-refractivity contribution in [3.63, 3.8) is 0 Å². The first-order chi connectivity index (χ1) is 10.2. The van der Waals surface area contributed by atoms with Gasteiger partial charge in [0, 0.05) is 31.7 Å². The fourth-order valence-electron chi connectivity index (χ4n) is 3.73. The highest BCUT2D eigenvalue weighted by atomic mass is 35.5. The zero-order valence-electron chi connectivity index (χ0n) is 12.3. The lowest BCUT2D eigenvalue weighted by Crippen LogP contribution is -2.40. The third-order valence-electron chi connectivity index (χ3n) is 4.83. The summed E-state index contributed by atoms with van der Waals surface area (Å²) in [5, 5.41) is 1.22. The molecule has 2 unspecified atom stereocenters. The summed E-state index contributed by atoms with van der Waals surface area (Å²) in [6.45, 7) is 5.32. The molecule has 1 aromatic carbocycles. The Morgan fingerprint density at radius 2 is 1.95 bits per heavy atom. The second-order valence-electron chi connectivity index (χ2n) is 6.11. The molecule has 2 saturated heterocycles. The molecule has 0 bridgehead atoms. The first kappa shape index (κ1) is 15.6. The van der Waals surface area contributed by atoms with Crippen LogP contribution in [0.25, 0.3) is 0 Å². The fraction of sp³-hybridized carbons (Fsp3) is 0.625. The first-order valence-electron chi connectivity index (χ1n) is 7.82. The van der Waals surface area contributed by atoms with Crippen molar-refractivity contribution in [1.82, 2.24) is 9.80 Å². The summed E-state index contributed by atoms with van der Waals surface area (Å²) < 4.78 is 0. The lowest BCUT2D eigenvalue weighted by atomic mass is 10.0. The Hall–Kier alpha value is -0.320. The second kappa shape index (κ2) is 6.84. The molecule has 2 heterocycles. The van der Waals surface area contributed by atoms with Crippen LogP contribution in [0.15, 0.2) is 18.2 Å². The van der Waals surface area contributed by atoms with Crippen molar-refractivity contribution in [3.05, 3.63) is 33.8 Å². The Balaban J connectivity index is 1.79. The van der Waals surface area contributed by atoms with Crippen LogP contribution in [0, 0.1) is 0 Å². The maximum atomic E-state index is 6.18. The van der Waals surface area contributed by atoms with E-state index in [1.54, 1.807) is 0 Å². The normalized spacial score (nSPS) is 25.6. The predicted octanol–water partition coefficient (Wildman–Crippen LogP) is 3.16. The predicted molar refractivity (Wildman–Crippen MR) is 89.0 cm³/mol. The second-order valence-corrected chi connectivity index (χ2v) is 6.92. The maximum Gasteiger partial charge on any atom is 0.0595 e. The molecule has 0 saturated carbocycles. The summed E-state index contributed by atoms with van der Waals surface area (Å²) in [4.78, 5) is 5.18. The van der Waals surface area contributed by atoms with Crippen LogP contribution in [0.3, 0.4) is 0 Å². The Bertz CT molecular complexity index is 494. The van der Waals surface area contributed by atoms with Gasteiger partial charge in [-0.3, -0.25) is 9.80 Å². The molecule has 2 fully saturated rings. The molecule has 2 aliphatic heterocycles. The summed E-state index contributed by atoms with van der Waals surface area (Å²) in [7, 11) is 0. The zero-order chi connectivity index (χ0) is 14.8. The number of nitrogens with zero attached hydrogens (tertiary/aromatic N) is 2. The Kier molecular flexibility index (Phi) is 5.07. The standard InChI is InChI=1S/C16H23Cl2N3/c17-14-5-4-12(9-15(14)18)16(10-19)21-8-2-7-20-6-1-3-13(20)11-21/h4-5,9,13,16H,1-3,6-8,10-11,19H2. The Morgan fingerprint density at radius 1 is 1.14 bits per heavy atom.